The third-order valence-electron chi connectivity index (χ3n) is 4.70. The van der Waals surface area contributed by atoms with E-state index in [-0.39, 0.29) is 6.04 Å². The first-order chi connectivity index (χ1) is 13.5. The van der Waals surface area contributed by atoms with E-state index in [1.165, 1.54) is 5.56 Å². The molecule has 5 nitrogen and oxygen atoms in total. The fourth-order valence-corrected chi connectivity index (χ4v) is 3.98. The molecule has 0 amide bonds. The molecule has 28 heavy (non-hydrogen) atoms. The highest BCUT2D eigenvalue weighted by atomic mass is 79.9. The van der Waals surface area contributed by atoms with Crippen LogP contribution in [0.5, 0.6) is 23.0 Å². The summed E-state index contributed by atoms with van der Waals surface area (Å²) in [6.45, 7) is 8.88. The fraction of sp³-hybridized carbons (Fsp3) is 0.455. The second-order valence-electron chi connectivity index (χ2n) is 7.05. The van der Waals surface area contributed by atoms with E-state index in [9.17, 15) is 0 Å². The summed E-state index contributed by atoms with van der Waals surface area (Å²) < 4.78 is 23.5. The van der Waals surface area contributed by atoms with Crippen LogP contribution in [-0.2, 0) is 6.54 Å². The van der Waals surface area contributed by atoms with Gasteiger partial charge < -0.3 is 24.3 Å². The van der Waals surface area contributed by atoms with Gasteiger partial charge in [0.05, 0.1) is 18.2 Å². The molecule has 152 valence electrons. The number of nitrogens with one attached hydrogen (secondary N) is 1. The molecule has 2 aromatic carbocycles. The molecular weight excluding hydrogens is 422 g/mol. The monoisotopic (exact) mass is 449 g/mol. The number of hydrogen-bond donors (Lipinski definition) is 1. The van der Waals surface area contributed by atoms with Gasteiger partial charge in [-0.15, -0.1) is 0 Å². The van der Waals surface area contributed by atoms with Gasteiger partial charge in [-0.1, -0.05) is 19.9 Å². The zero-order valence-electron chi connectivity index (χ0n) is 16.9. The van der Waals surface area contributed by atoms with Crippen LogP contribution in [0.4, 0.5) is 0 Å². The Bertz CT molecular complexity index is 809. The van der Waals surface area contributed by atoms with Crippen molar-refractivity contribution in [2.24, 2.45) is 5.92 Å². The lowest BCUT2D eigenvalue weighted by Crippen LogP contribution is -2.26. The normalized spacial score (nSPS) is 14.1. The van der Waals surface area contributed by atoms with Crippen molar-refractivity contribution >= 4 is 15.9 Å². The van der Waals surface area contributed by atoms with E-state index in [1.54, 1.807) is 7.11 Å². The Kier molecular flexibility index (Phi) is 7.08. The van der Waals surface area contributed by atoms with Gasteiger partial charge in [-0.3, -0.25) is 0 Å². The van der Waals surface area contributed by atoms with E-state index in [1.807, 2.05) is 19.1 Å². The number of halogens is 1. The molecule has 6 heteroatoms. The molecule has 1 atom stereocenters. The van der Waals surface area contributed by atoms with E-state index in [0.29, 0.717) is 32.3 Å². The molecule has 1 aliphatic heterocycles. The van der Waals surface area contributed by atoms with Crippen molar-refractivity contribution in [3.05, 3.63) is 45.9 Å². The van der Waals surface area contributed by atoms with E-state index < -0.39 is 0 Å². The van der Waals surface area contributed by atoms with Crippen LogP contribution in [0.1, 0.15) is 37.9 Å². The van der Waals surface area contributed by atoms with Gasteiger partial charge in [0.2, 0.25) is 0 Å². The lowest BCUT2D eigenvalue weighted by Gasteiger charge is -2.26. The first-order valence-electron chi connectivity index (χ1n) is 9.65. The van der Waals surface area contributed by atoms with Gasteiger partial charge in [-0.2, -0.15) is 0 Å². The number of benzene rings is 2. The van der Waals surface area contributed by atoms with Gasteiger partial charge >= 0.3 is 0 Å². The smallest absolute Gasteiger partial charge is 0.175 e. The Morgan fingerprint density at radius 2 is 1.86 bits per heavy atom. The maximum absolute atomic E-state index is 5.75. The molecule has 0 spiro atoms. The molecule has 0 fully saturated rings. The van der Waals surface area contributed by atoms with Gasteiger partial charge in [-0.05, 0) is 64.2 Å². The highest BCUT2D eigenvalue weighted by molar-refractivity contribution is 9.10. The van der Waals surface area contributed by atoms with E-state index in [0.717, 1.165) is 33.0 Å². The van der Waals surface area contributed by atoms with Crippen LogP contribution in [0.25, 0.3) is 0 Å². The van der Waals surface area contributed by atoms with Crippen molar-refractivity contribution in [2.75, 3.05) is 26.9 Å². The van der Waals surface area contributed by atoms with Gasteiger partial charge in [0.25, 0.3) is 0 Å². The third-order valence-corrected chi connectivity index (χ3v) is 5.29. The SMILES string of the molecule is CCOc1c(Br)cc(CNC(c2ccc3c(c2)OCCO3)C(C)C)cc1OC. The van der Waals surface area contributed by atoms with Crippen LogP contribution in [0.2, 0.25) is 0 Å². The second-order valence-corrected chi connectivity index (χ2v) is 7.90. The van der Waals surface area contributed by atoms with Crippen molar-refractivity contribution < 1.29 is 18.9 Å². The first-order valence-corrected chi connectivity index (χ1v) is 10.4. The number of methoxy groups -OCH3 is 1. The molecule has 1 N–H and O–H groups in total. The maximum Gasteiger partial charge on any atom is 0.175 e. The van der Waals surface area contributed by atoms with Crippen LogP contribution < -0.4 is 24.3 Å². The zero-order valence-corrected chi connectivity index (χ0v) is 18.5. The van der Waals surface area contributed by atoms with Crippen molar-refractivity contribution in [3.8, 4) is 23.0 Å². The first kappa shape index (κ1) is 20.8. The fourth-order valence-electron chi connectivity index (χ4n) is 3.38. The number of hydrogen-bond acceptors (Lipinski definition) is 5. The van der Waals surface area contributed by atoms with Gasteiger partial charge in [0, 0.05) is 12.6 Å². The maximum atomic E-state index is 5.75. The van der Waals surface area contributed by atoms with Crippen LogP contribution in [0.15, 0.2) is 34.8 Å². The van der Waals surface area contributed by atoms with E-state index in [2.05, 4.69) is 53.3 Å². The number of ether oxygens (including phenoxy) is 4. The molecular formula is C22H28BrNO4. The Hall–Kier alpha value is -1.92. The molecule has 1 heterocycles. The quantitative estimate of drug-likeness (QED) is 0.606. The summed E-state index contributed by atoms with van der Waals surface area (Å²) in [4.78, 5) is 0. The van der Waals surface area contributed by atoms with Crippen molar-refractivity contribution in [1.29, 1.82) is 0 Å². The Labute approximate surface area is 175 Å². The standard InChI is InChI=1S/C22H28BrNO4/c1-5-26-22-17(23)10-15(11-20(22)25-4)13-24-21(14(2)3)16-6-7-18-19(12-16)28-9-8-27-18/h6-7,10-12,14,21,24H,5,8-9,13H2,1-4H3. The van der Waals surface area contributed by atoms with Crippen molar-refractivity contribution in [3.63, 3.8) is 0 Å². The molecule has 3 rings (SSSR count). The lowest BCUT2D eigenvalue weighted by atomic mass is 9.95. The van der Waals surface area contributed by atoms with Gasteiger partial charge in [-0.25, -0.2) is 0 Å². The molecule has 0 aromatic heterocycles. The second kappa shape index (κ2) is 9.52. The molecule has 0 bridgehead atoms. The topological polar surface area (TPSA) is 49.0 Å². The van der Waals surface area contributed by atoms with E-state index in [4.69, 9.17) is 18.9 Å². The largest absolute Gasteiger partial charge is 0.493 e. The predicted molar refractivity (Wildman–Crippen MR) is 114 cm³/mol. The Morgan fingerprint density at radius 3 is 2.54 bits per heavy atom. The highest BCUT2D eigenvalue weighted by Gasteiger charge is 2.20. The number of fused-ring (bicyclic) bond motifs is 1. The molecule has 2 aromatic rings. The van der Waals surface area contributed by atoms with Gasteiger partial charge in [0.15, 0.2) is 23.0 Å². The molecule has 0 saturated carbocycles. The summed E-state index contributed by atoms with van der Waals surface area (Å²) >= 11 is 3.60. The van der Waals surface area contributed by atoms with Gasteiger partial charge in [0.1, 0.15) is 13.2 Å². The molecule has 0 radical (unpaired) electrons. The molecule has 1 aliphatic rings. The summed E-state index contributed by atoms with van der Waals surface area (Å²) in [6.07, 6.45) is 0. The number of rotatable bonds is 8. The predicted octanol–water partition coefficient (Wildman–Crippen LogP) is 5.11. The lowest BCUT2D eigenvalue weighted by molar-refractivity contribution is 0.171. The van der Waals surface area contributed by atoms with E-state index >= 15 is 0 Å². The summed E-state index contributed by atoms with van der Waals surface area (Å²) in [5.74, 6) is 3.52. The van der Waals surface area contributed by atoms with Crippen LogP contribution in [0.3, 0.4) is 0 Å². The average molecular weight is 450 g/mol. The molecule has 0 aliphatic carbocycles. The molecule has 0 saturated heterocycles. The average Bonchev–Trinajstić information content (AvgIpc) is 2.69. The summed E-state index contributed by atoms with van der Waals surface area (Å²) in [5.41, 5.74) is 2.31. The highest BCUT2D eigenvalue weighted by Crippen LogP contribution is 2.37. The minimum atomic E-state index is 0.187. The summed E-state index contributed by atoms with van der Waals surface area (Å²) in [6, 6.07) is 10.5. The van der Waals surface area contributed by atoms with Crippen LogP contribution >= 0.6 is 15.9 Å². The minimum absolute atomic E-state index is 0.187. The third kappa shape index (κ3) is 4.73. The Balaban J connectivity index is 1.78. The van der Waals surface area contributed by atoms with Crippen LogP contribution in [0, 0.1) is 5.92 Å². The van der Waals surface area contributed by atoms with Crippen molar-refractivity contribution in [1.82, 2.24) is 5.32 Å². The minimum Gasteiger partial charge on any atom is -0.493 e. The zero-order chi connectivity index (χ0) is 20.1. The Morgan fingerprint density at radius 1 is 1.11 bits per heavy atom. The van der Waals surface area contributed by atoms with Crippen LogP contribution in [-0.4, -0.2) is 26.9 Å². The summed E-state index contributed by atoms with van der Waals surface area (Å²) in [5, 5.41) is 3.67. The molecule has 1 unspecified atom stereocenters. The van der Waals surface area contributed by atoms with Crippen molar-refractivity contribution in [2.45, 2.75) is 33.4 Å². The summed E-state index contributed by atoms with van der Waals surface area (Å²) in [7, 11) is 1.66.